The standard InChI is InChI=1S/C18H24FNOSi/c1-18(2,3)22(4,5)21-17-12-10-16(11-13-17)20-15-8-6-14(19)7-9-15/h6-13,20H,1-5H3. The van der Waals surface area contributed by atoms with Crippen LogP contribution in [0.2, 0.25) is 18.1 Å². The van der Waals surface area contributed by atoms with Gasteiger partial charge in [0, 0.05) is 11.4 Å². The Kier molecular flexibility index (Phi) is 4.61. The molecule has 1 N–H and O–H groups in total. The summed E-state index contributed by atoms with van der Waals surface area (Å²) in [5.74, 6) is 0.667. The number of hydrogen-bond acceptors (Lipinski definition) is 2. The molecule has 2 aromatic rings. The molecule has 4 heteroatoms. The van der Waals surface area contributed by atoms with Crippen LogP contribution in [0, 0.1) is 5.82 Å². The van der Waals surface area contributed by atoms with E-state index in [9.17, 15) is 4.39 Å². The molecule has 118 valence electrons. The molecule has 0 unspecified atom stereocenters. The summed E-state index contributed by atoms with van der Waals surface area (Å²) in [5.41, 5.74) is 1.81. The van der Waals surface area contributed by atoms with Gasteiger partial charge in [-0.2, -0.15) is 0 Å². The van der Waals surface area contributed by atoms with Crippen molar-refractivity contribution < 1.29 is 8.82 Å². The van der Waals surface area contributed by atoms with Crippen molar-refractivity contribution in [2.75, 3.05) is 5.32 Å². The molecule has 0 spiro atoms. The van der Waals surface area contributed by atoms with Crippen LogP contribution in [-0.2, 0) is 0 Å². The molecule has 0 bridgehead atoms. The lowest BCUT2D eigenvalue weighted by Crippen LogP contribution is -2.43. The lowest BCUT2D eigenvalue weighted by molar-refractivity contribution is 0.492. The molecule has 0 saturated heterocycles. The molecule has 0 aromatic heterocycles. The molecule has 0 aliphatic heterocycles. The first-order valence-corrected chi connectivity index (χ1v) is 10.4. The van der Waals surface area contributed by atoms with E-state index < -0.39 is 8.32 Å². The second-order valence-corrected chi connectivity index (χ2v) is 11.7. The summed E-state index contributed by atoms with van der Waals surface area (Å²) in [6.45, 7) is 11.1. The van der Waals surface area contributed by atoms with Crippen LogP contribution >= 0.6 is 0 Å². The summed E-state index contributed by atoms with van der Waals surface area (Å²) in [6.07, 6.45) is 0. The summed E-state index contributed by atoms with van der Waals surface area (Å²) >= 11 is 0. The Hall–Kier alpha value is -1.81. The zero-order valence-corrected chi connectivity index (χ0v) is 14.9. The van der Waals surface area contributed by atoms with Gasteiger partial charge < -0.3 is 9.74 Å². The van der Waals surface area contributed by atoms with Crippen LogP contribution in [-0.4, -0.2) is 8.32 Å². The molecular weight excluding hydrogens is 293 g/mol. The van der Waals surface area contributed by atoms with E-state index >= 15 is 0 Å². The molecule has 2 nitrogen and oxygen atoms in total. The number of anilines is 2. The quantitative estimate of drug-likeness (QED) is 0.703. The highest BCUT2D eigenvalue weighted by Gasteiger charge is 2.38. The third kappa shape index (κ3) is 4.10. The Morgan fingerprint density at radius 2 is 1.32 bits per heavy atom. The van der Waals surface area contributed by atoms with E-state index in [1.54, 1.807) is 12.1 Å². The van der Waals surface area contributed by atoms with Gasteiger partial charge in [-0.25, -0.2) is 4.39 Å². The number of benzene rings is 2. The van der Waals surface area contributed by atoms with Gasteiger partial charge in [-0.1, -0.05) is 20.8 Å². The van der Waals surface area contributed by atoms with Crippen molar-refractivity contribution in [1.82, 2.24) is 0 Å². The highest BCUT2D eigenvalue weighted by molar-refractivity contribution is 6.74. The molecule has 22 heavy (non-hydrogen) atoms. The zero-order valence-electron chi connectivity index (χ0n) is 13.9. The smallest absolute Gasteiger partial charge is 0.250 e. The van der Waals surface area contributed by atoms with Crippen LogP contribution in [0.1, 0.15) is 20.8 Å². The van der Waals surface area contributed by atoms with Crippen LogP contribution in [0.25, 0.3) is 0 Å². The van der Waals surface area contributed by atoms with Gasteiger partial charge in [0.15, 0.2) is 0 Å². The monoisotopic (exact) mass is 317 g/mol. The van der Waals surface area contributed by atoms with Crippen molar-refractivity contribution >= 4 is 19.7 Å². The van der Waals surface area contributed by atoms with Crippen molar-refractivity contribution in [2.24, 2.45) is 0 Å². The van der Waals surface area contributed by atoms with Gasteiger partial charge in [0.2, 0.25) is 8.32 Å². The van der Waals surface area contributed by atoms with Crippen molar-refractivity contribution in [2.45, 2.75) is 38.9 Å². The Morgan fingerprint density at radius 3 is 1.77 bits per heavy atom. The third-order valence-corrected chi connectivity index (χ3v) is 8.52. The maximum Gasteiger partial charge on any atom is 0.250 e. The SMILES string of the molecule is CC(C)(C)[Si](C)(C)Oc1ccc(Nc2ccc(F)cc2)cc1. The van der Waals surface area contributed by atoms with Crippen LogP contribution in [0.3, 0.4) is 0 Å². The predicted octanol–water partition coefficient (Wildman–Crippen LogP) is 5.95. The minimum Gasteiger partial charge on any atom is -0.544 e. The van der Waals surface area contributed by atoms with Gasteiger partial charge >= 0.3 is 0 Å². The van der Waals surface area contributed by atoms with E-state index in [0.29, 0.717) is 0 Å². The molecule has 0 heterocycles. The highest BCUT2D eigenvalue weighted by Crippen LogP contribution is 2.37. The van der Waals surface area contributed by atoms with E-state index in [0.717, 1.165) is 17.1 Å². The van der Waals surface area contributed by atoms with Crippen molar-refractivity contribution in [3.63, 3.8) is 0 Å². The summed E-state index contributed by atoms with van der Waals surface area (Å²) in [7, 11) is -1.81. The molecule has 0 aliphatic carbocycles. The number of nitrogens with one attached hydrogen (secondary N) is 1. The molecular formula is C18H24FNOSi. The Bertz CT molecular complexity index is 615. The van der Waals surface area contributed by atoms with E-state index in [4.69, 9.17) is 4.43 Å². The Balaban J connectivity index is 2.06. The topological polar surface area (TPSA) is 21.3 Å². The molecule has 0 atom stereocenters. The zero-order chi connectivity index (χ0) is 16.4. The van der Waals surface area contributed by atoms with E-state index in [1.807, 2.05) is 24.3 Å². The molecule has 0 amide bonds. The van der Waals surface area contributed by atoms with Gasteiger partial charge in [-0.05, 0) is 66.7 Å². The van der Waals surface area contributed by atoms with Gasteiger partial charge in [0.1, 0.15) is 11.6 Å². The number of halogens is 1. The minimum absolute atomic E-state index is 0.179. The third-order valence-electron chi connectivity index (χ3n) is 4.17. The van der Waals surface area contributed by atoms with E-state index in [-0.39, 0.29) is 10.9 Å². The maximum atomic E-state index is 12.9. The first-order valence-electron chi connectivity index (χ1n) is 7.49. The van der Waals surface area contributed by atoms with E-state index in [2.05, 4.69) is 39.2 Å². The Labute approximate surface area is 133 Å². The van der Waals surface area contributed by atoms with Gasteiger partial charge in [0.05, 0.1) is 0 Å². The lowest BCUT2D eigenvalue weighted by Gasteiger charge is -2.36. The molecule has 0 fully saturated rings. The summed E-state index contributed by atoms with van der Waals surface area (Å²) in [5, 5.41) is 3.42. The van der Waals surface area contributed by atoms with Gasteiger partial charge in [-0.3, -0.25) is 0 Å². The fourth-order valence-corrected chi connectivity index (χ4v) is 2.79. The highest BCUT2D eigenvalue weighted by atomic mass is 28.4. The average Bonchev–Trinajstić information content (AvgIpc) is 2.42. The summed E-state index contributed by atoms with van der Waals surface area (Å²) in [4.78, 5) is 0. The predicted molar refractivity (Wildman–Crippen MR) is 93.9 cm³/mol. The van der Waals surface area contributed by atoms with Crippen LogP contribution in [0.4, 0.5) is 15.8 Å². The number of hydrogen-bond donors (Lipinski definition) is 1. The number of rotatable bonds is 4. The second-order valence-electron chi connectivity index (χ2n) is 7.02. The molecule has 0 saturated carbocycles. The minimum atomic E-state index is -1.81. The van der Waals surface area contributed by atoms with Crippen LogP contribution in [0.15, 0.2) is 48.5 Å². The molecule has 2 rings (SSSR count). The molecule has 2 aromatic carbocycles. The van der Waals surface area contributed by atoms with Gasteiger partial charge in [-0.15, -0.1) is 0 Å². The molecule has 0 radical (unpaired) electrons. The first kappa shape index (κ1) is 16.6. The largest absolute Gasteiger partial charge is 0.544 e. The molecule has 0 aliphatic rings. The summed E-state index contributed by atoms with van der Waals surface area (Å²) < 4.78 is 19.1. The fourth-order valence-electron chi connectivity index (χ4n) is 1.75. The van der Waals surface area contributed by atoms with Crippen molar-refractivity contribution in [1.29, 1.82) is 0 Å². The Morgan fingerprint density at radius 1 is 0.864 bits per heavy atom. The average molecular weight is 317 g/mol. The second kappa shape index (κ2) is 6.13. The summed E-state index contributed by atoms with van der Waals surface area (Å²) in [6, 6.07) is 14.2. The van der Waals surface area contributed by atoms with Crippen molar-refractivity contribution in [3.05, 3.63) is 54.3 Å². The normalized spacial score (nSPS) is 12.1. The van der Waals surface area contributed by atoms with Gasteiger partial charge in [0.25, 0.3) is 0 Å². The first-order chi connectivity index (χ1) is 10.2. The van der Waals surface area contributed by atoms with Crippen LogP contribution < -0.4 is 9.74 Å². The van der Waals surface area contributed by atoms with Crippen molar-refractivity contribution in [3.8, 4) is 5.75 Å². The maximum absolute atomic E-state index is 12.9. The lowest BCUT2D eigenvalue weighted by atomic mass is 10.2. The van der Waals surface area contributed by atoms with E-state index in [1.165, 1.54) is 12.1 Å². The fraction of sp³-hybridized carbons (Fsp3) is 0.333. The van der Waals surface area contributed by atoms with Crippen LogP contribution in [0.5, 0.6) is 5.75 Å².